The van der Waals surface area contributed by atoms with Crippen molar-refractivity contribution in [1.29, 1.82) is 0 Å². The van der Waals surface area contributed by atoms with Gasteiger partial charge in [-0.1, -0.05) is 36.4 Å². The van der Waals surface area contributed by atoms with Crippen LogP contribution < -0.4 is 15.6 Å². The number of nitrogens with zero attached hydrogens (tertiary/aromatic N) is 2. The lowest BCUT2D eigenvalue weighted by atomic mass is 10.2. The van der Waals surface area contributed by atoms with Gasteiger partial charge in [-0.3, -0.25) is 10.9 Å². The van der Waals surface area contributed by atoms with Gasteiger partial charge in [0.25, 0.3) is 0 Å². The predicted octanol–water partition coefficient (Wildman–Crippen LogP) is 4.65. The molecule has 27 heavy (non-hydrogen) atoms. The van der Waals surface area contributed by atoms with E-state index in [1.54, 1.807) is 0 Å². The van der Waals surface area contributed by atoms with Crippen LogP contribution in [-0.4, -0.2) is 9.97 Å². The number of ether oxygens (including phenoxy) is 1. The number of hydrogen-bond donors (Lipinski definition) is 2. The zero-order valence-electron chi connectivity index (χ0n) is 13.8. The molecule has 1 heterocycles. The van der Waals surface area contributed by atoms with Crippen molar-refractivity contribution in [2.45, 2.75) is 12.8 Å². The molecule has 0 aliphatic heterocycles. The van der Waals surface area contributed by atoms with Crippen molar-refractivity contribution in [2.24, 2.45) is 0 Å². The molecule has 2 N–H and O–H groups in total. The second-order valence-corrected chi connectivity index (χ2v) is 5.45. The number of nitrogens with one attached hydrogen (secondary N) is 2. The Hall–Kier alpha value is -3.36. The molecule has 0 spiro atoms. The fraction of sp³-hybridized carbons (Fsp3) is 0.111. The molecule has 0 saturated carbocycles. The van der Waals surface area contributed by atoms with Gasteiger partial charge in [-0.15, -0.1) is 0 Å². The van der Waals surface area contributed by atoms with Crippen molar-refractivity contribution in [1.82, 2.24) is 9.97 Å². The first-order valence-corrected chi connectivity index (χ1v) is 7.80. The van der Waals surface area contributed by atoms with E-state index in [9.17, 15) is 17.6 Å². The number of hydrogen-bond acceptors (Lipinski definition) is 5. The molecule has 0 unspecified atom stereocenters. The third-order valence-corrected chi connectivity index (χ3v) is 3.45. The summed E-state index contributed by atoms with van der Waals surface area (Å²) < 4.78 is 57.4. The minimum atomic E-state index is -4.48. The van der Waals surface area contributed by atoms with E-state index in [1.165, 1.54) is 12.1 Å². The quantitative estimate of drug-likeness (QED) is 0.483. The largest absolute Gasteiger partial charge is 0.459 e. The maximum atomic E-state index is 13.8. The number of alkyl halides is 3. The maximum absolute atomic E-state index is 13.8. The highest BCUT2D eigenvalue weighted by Crippen LogP contribution is 2.30. The van der Waals surface area contributed by atoms with Crippen LogP contribution in [0.3, 0.4) is 0 Å². The molecule has 0 bridgehead atoms. The van der Waals surface area contributed by atoms with Crippen molar-refractivity contribution in [2.75, 3.05) is 10.9 Å². The van der Waals surface area contributed by atoms with Gasteiger partial charge in [0.05, 0.1) is 17.4 Å². The highest BCUT2D eigenvalue weighted by Gasteiger charge is 2.30. The normalized spacial score (nSPS) is 11.1. The molecule has 1 aromatic heterocycles. The highest BCUT2D eigenvalue weighted by atomic mass is 19.4. The fourth-order valence-electron chi connectivity index (χ4n) is 2.13. The molecule has 0 aliphatic carbocycles. The van der Waals surface area contributed by atoms with E-state index >= 15 is 0 Å². The molecule has 140 valence electrons. The Morgan fingerprint density at radius 3 is 2.48 bits per heavy atom. The molecule has 2 aromatic carbocycles. The van der Waals surface area contributed by atoms with E-state index in [2.05, 4.69) is 20.8 Å². The van der Waals surface area contributed by atoms with E-state index in [0.717, 1.165) is 23.9 Å². The zero-order valence-corrected chi connectivity index (χ0v) is 13.8. The third-order valence-electron chi connectivity index (χ3n) is 3.45. The predicted molar refractivity (Wildman–Crippen MR) is 91.5 cm³/mol. The van der Waals surface area contributed by atoms with Crippen molar-refractivity contribution >= 4 is 11.5 Å². The summed E-state index contributed by atoms with van der Waals surface area (Å²) in [5.41, 5.74) is 5.04. The van der Waals surface area contributed by atoms with E-state index < -0.39 is 17.6 Å². The molecule has 5 nitrogen and oxygen atoms in total. The summed E-state index contributed by atoms with van der Waals surface area (Å²) in [7, 11) is 0. The van der Waals surface area contributed by atoms with Crippen LogP contribution in [0.15, 0.2) is 60.8 Å². The van der Waals surface area contributed by atoms with Gasteiger partial charge in [-0.25, -0.2) is 9.37 Å². The Bertz CT molecular complexity index is 903. The number of aromatic nitrogens is 2. The van der Waals surface area contributed by atoms with E-state index in [-0.39, 0.29) is 24.1 Å². The monoisotopic (exact) mass is 378 g/mol. The van der Waals surface area contributed by atoms with Crippen LogP contribution in [0.25, 0.3) is 0 Å². The minimum absolute atomic E-state index is 0.0754. The molecule has 0 atom stereocenters. The van der Waals surface area contributed by atoms with Crippen LogP contribution in [0.4, 0.5) is 29.1 Å². The lowest BCUT2D eigenvalue weighted by Crippen LogP contribution is -2.14. The molecule has 0 saturated heterocycles. The van der Waals surface area contributed by atoms with Gasteiger partial charge in [0.15, 0.2) is 11.6 Å². The average molecular weight is 378 g/mol. The SMILES string of the molecule is Fc1cnc(OCc2ccccc2)nc1NNc1cccc(C(F)(F)F)c1. The summed E-state index contributed by atoms with van der Waals surface area (Å²) in [6, 6.07) is 13.6. The van der Waals surface area contributed by atoms with Gasteiger partial charge in [0.1, 0.15) is 6.61 Å². The molecule has 0 amide bonds. The van der Waals surface area contributed by atoms with E-state index in [4.69, 9.17) is 4.74 Å². The van der Waals surface area contributed by atoms with Gasteiger partial charge in [-0.05, 0) is 23.8 Å². The van der Waals surface area contributed by atoms with Gasteiger partial charge >= 0.3 is 12.2 Å². The summed E-state index contributed by atoms with van der Waals surface area (Å²) in [5, 5.41) is 0. The van der Waals surface area contributed by atoms with Crippen LogP contribution in [0.2, 0.25) is 0 Å². The maximum Gasteiger partial charge on any atom is 0.416 e. The van der Waals surface area contributed by atoms with Crippen LogP contribution in [0.1, 0.15) is 11.1 Å². The standard InChI is InChI=1S/C18H14F4N4O/c19-15-10-23-17(27-11-12-5-2-1-3-6-12)24-16(15)26-25-14-8-4-7-13(9-14)18(20,21)22/h1-10,25H,11H2,(H,23,24,26). The van der Waals surface area contributed by atoms with Crippen molar-refractivity contribution < 1.29 is 22.3 Å². The van der Waals surface area contributed by atoms with Gasteiger partial charge in [0, 0.05) is 0 Å². The first-order valence-electron chi connectivity index (χ1n) is 7.80. The summed E-state index contributed by atoms with van der Waals surface area (Å²) in [6.45, 7) is 0.187. The molecule has 0 aliphatic rings. The number of anilines is 2. The van der Waals surface area contributed by atoms with Gasteiger partial charge in [0.2, 0.25) is 0 Å². The average Bonchev–Trinajstić information content (AvgIpc) is 2.67. The second kappa shape index (κ2) is 7.90. The lowest BCUT2D eigenvalue weighted by molar-refractivity contribution is -0.137. The van der Waals surface area contributed by atoms with Crippen LogP contribution >= 0.6 is 0 Å². The number of halogens is 4. The molecule has 9 heteroatoms. The fourth-order valence-corrected chi connectivity index (χ4v) is 2.13. The van der Waals surface area contributed by atoms with Gasteiger partial charge < -0.3 is 4.74 Å². The lowest BCUT2D eigenvalue weighted by Gasteiger charge is -2.13. The number of benzene rings is 2. The van der Waals surface area contributed by atoms with Gasteiger partial charge in [-0.2, -0.15) is 18.2 Å². The number of hydrazine groups is 1. The topological polar surface area (TPSA) is 59.1 Å². The minimum Gasteiger partial charge on any atom is -0.459 e. The van der Waals surface area contributed by atoms with Crippen molar-refractivity contribution in [3.8, 4) is 6.01 Å². The molecular formula is C18H14F4N4O. The van der Waals surface area contributed by atoms with Crippen molar-refractivity contribution in [3.05, 3.63) is 77.7 Å². The van der Waals surface area contributed by atoms with Crippen LogP contribution in [-0.2, 0) is 12.8 Å². The smallest absolute Gasteiger partial charge is 0.416 e. The molecular weight excluding hydrogens is 364 g/mol. The summed E-state index contributed by atoms with van der Waals surface area (Å²) in [6.07, 6.45) is -3.57. The van der Waals surface area contributed by atoms with Crippen molar-refractivity contribution in [3.63, 3.8) is 0 Å². The molecule has 3 rings (SSSR count). The Kier molecular flexibility index (Phi) is 5.39. The van der Waals surface area contributed by atoms with E-state index in [1.807, 2.05) is 30.3 Å². The summed E-state index contributed by atoms with van der Waals surface area (Å²) in [4.78, 5) is 7.60. The Balaban J connectivity index is 1.66. The molecule has 0 fully saturated rings. The molecule has 0 radical (unpaired) electrons. The Morgan fingerprint density at radius 2 is 1.74 bits per heavy atom. The Morgan fingerprint density at radius 1 is 0.963 bits per heavy atom. The zero-order chi connectivity index (χ0) is 19.3. The third kappa shape index (κ3) is 5.06. The van der Waals surface area contributed by atoms with E-state index in [0.29, 0.717) is 0 Å². The summed E-state index contributed by atoms with van der Waals surface area (Å²) >= 11 is 0. The Labute approximate surface area is 152 Å². The first-order chi connectivity index (χ1) is 12.9. The summed E-state index contributed by atoms with van der Waals surface area (Å²) in [5.74, 6) is -1.05. The van der Waals surface area contributed by atoms with Crippen LogP contribution in [0.5, 0.6) is 6.01 Å². The molecule has 3 aromatic rings. The number of rotatable bonds is 6. The second-order valence-electron chi connectivity index (χ2n) is 5.45. The van der Waals surface area contributed by atoms with Crippen LogP contribution in [0, 0.1) is 5.82 Å². The first kappa shape index (κ1) is 18.4. The highest BCUT2D eigenvalue weighted by molar-refractivity contribution is 5.51.